The lowest BCUT2D eigenvalue weighted by molar-refractivity contribution is -0.138. The molecule has 2 rings (SSSR count). The molecule has 0 aromatic heterocycles. The first-order valence-electron chi connectivity index (χ1n) is 7.29. The zero-order chi connectivity index (χ0) is 20.2. The predicted octanol–water partition coefficient (Wildman–Crippen LogP) is 5.27. The molecule has 0 bridgehead atoms. The Hall–Kier alpha value is -3.28. The third-order valence-electron chi connectivity index (χ3n) is 3.39. The van der Waals surface area contributed by atoms with E-state index >= 15 is 0 Å². The van der Waals surface area contributed by atoms with Crippen LogP contribution in [0.1, 0.15) is 16.7 Å². The number of anilines is 1. The van der Waals surface area contributed by atoms with Gasteiger partial charge in [0.05, 0.1) is 16.8 Å². The van der Waals surface area contributed by atoms with Gasteiger partial charge in [0.15, 0.2) is 0 Å². The molecule has 3 nitrogen and oxygen atoms in total. The zero-order valence-corrected chi connectivity index (χ0v) is 13.3. The number of carbonyl (C=O) groups is 1. The molecule has 9 heteroatoms. The smallest absolute Gasteiger partial charge is 0.321 e. The summed E-state index contributed by atoms with van der Waals surface area (Å²) in [6.07, 6.45) is -8.28. The van der Waals surface area contributed by atoms with Crippen molar-refractivity contribution in [1.82, 2.24) is 0 Å². The maximum atomic E-state index is 12.9. The van der Waals surface area contributed by atoms with Crippen LogP contribution in [0.2, 0.25) is 0 Å². The summed E-state index contributed by atoms with van der Waals surface area (Å²) < 4.78 is 76.4. The lowest BCUT2D eigenvalue weighted by Gasteiger charge is -2.13. The molecule has 2 aromatic rings. The van der Waals surface area contributed by atoms with Gasteiger partial charge >= 0.3 is 12.4 Å². The SMILES string of the molecule is N#C/C(=C\c1ccc(C(F)(F)F)cc1)C(=O)Nc1ccccc1C(F)(F)F. The Morgan fingerprint density at radius 3 is 2.04 bits per heavy atom. The number of carbonyl (C=O) groups excluding carboxylic acids is 1. The largest absolute Gasteiger partial charge is 0.418 e. The minimum Gasteiger partial charge on any atom is -0.321 e. The van der Waals surface area contributed by atoms with Crippen LogP contribution in [0, 0.1) is 11.3 Å². The molecule has 1 amide bonds. The van der Waals surface area contributed by atoms with Gasteiger partial charge in [-0.2, -0.15) is 31.6 Å². The average molecular weight is 384 g/mol. The second kappa shape index (κ2) is 7.53. The highest BCUT2D eigenvalue weighted by Crippen LogP contribution is 2.34. The molecule has 27 heavy (non-hydrogen) atoms. The third kappa shape index (κ3) is 5.10. The number of rotatable bonds is 3. The van der Waals surface area contributed by atoms with Gasteiger partial charge in [-0.1, -0.05) is 24.3 Å². The number of hydrogen-bond acceptors (Lipinski definition) is 2. The van der Waals surface area contributed by atoms with Gasteiger partial charge in [-0.15, -0.1) is 0 Å². The highest BCUT2D eigenvalue weighted by Gasteiger charge is 2.33. The summed E-state index contributed by atoms with van der Waals surface area (Å²) in [5.74, 6) is -1.12. The van der Waals surface area contributed by atoms with Crippen LogP contribution in [0.15, 0.2) is 54.1 Å². The van der Waals surface area contributed by atoms with Crippen molar-refractivity contribution in [3.8, 4) is 6.07 Å². The van der Waals surface area contributed by atoms with Crippen LogP contribution < -0.4 is 5.32 Å². The van der Waals surface area contributed by atoms with Crippen molar-refractivity contribution >= 4 is 17.7 Å². The van der Waals surface area contributed by atoms with Gasteiger partial charge in [-0.25, -0.2) is 0 Å². The normalized spacial score (nSPS) is 12.4. The quantitative estimate of drug-likeness (QED) is 0.445. The Balaban J connectivity index is 2.27. The van der Waals surface area contributed by atoms with Gasteiger partial charge in [-0.3, -0.25) is 4.79 Å². The van der Waals surface area contributed by atoms with E-state index in [-0.39, 0.29) is 5.56 Å². The number of amides is 1. The zero-order valence-electron chi connectivity index (χ0n) is 13.3. The molecule has 0 fully saturated rings. The maximum absolute atomic E-state index is 12.9. The van der Waals surface area contributed by atoms with Gasteiger partial charge in [0.25, 0.3) is 5.91 Å². The third-order valence-corrected chi connectivity index (χ3v) is 3.39. The van der Waals surface area contributed by atoms with Crippen molar-refractivity contribution in [1.29, 1.82) is 5.26 Å². The minimum absolute atomic E-state index is 0.110. The average Bonchev–Trinajstić information content (AvgIpc) is 2.58. The summed E-state index contributed by atoms with van der Waals surface area (Å²) in [6, 6.07) is 9.32. The molecular weight excluding hydrogens is 374 g/mol. The van der Waals surface area contributed by atoms with Crippen molar-refractivity contribution in [3.05, 3.63) is 70.8 Å². The van der Waals surface area contributed by atoms with Gasteiger partial charge in [-0.05, 0) is 35.9 Å². The molecule has 0 saturated carbocycles. The molecule has 1 N–H and O–H groups in total. The number of nitrogens with one attached hydrogen (secondary N) is 1. The van der Waals surface area contributed by atoms with Crippen LogP contribution >= 0.6 is 0 Å². The van der Waals surface area contributed by atoms with Crippen LogP contribution in [0.25, 0.3) is 6.08 Å². The van der Waals surface area contributed by atoms with E-state index in [1.165, 1.54) is 12.1 Å². The molecule has 2 aromatic carbocycles. The van der Waals surface area contributed by atoms with Crippen LogP contribution in [0.5, 0.6) is 0 Å². The molecule has 0 unspecified atom stereocenters. The topological polar surface area (TPSA) is 52.9 Å². The Morgan fingerprint density at radius 1 is 0.926 bits per heavy atom. The number of nitrogens with zero attached hydrogens (tertiary/aromatic N) is 1. The highest BCUT2D eigenvalue weighted by molar-refractivity contribution is 6.10. The summed E-state index contributed by atoms with van der Waals surface area (Å²) in [5, 5.41) is 11.1. The number of alkyl halides is 6. The van der Waals surface area contributed by atoms with Gasteiger partial charge < -0.3 is 5.32 Å². The standard InChI is InChI=1S/C18H10F6N2O/c19-17(20,21)13-7-5-11(6-8-13)9-12(10-25)16(27)26-15-4-2-1-3-14(15)18(22,23)24/h1-9H,(H,26,27)/b12-9+. The predicted molar refractivity (Wildman–Crippen MR) is 85.1 cm³/mol. The molecule has 0 radical (unpaired) electrons. The fourth-order valence-corrected chi connectivity index (χ4v) is 2.11. The van der Waals surface area contributed by atoms with Crippen molar-refractivity contribution in [2.75, 3.05) is 5.32 Å². The van der Waals surface area contributed by atoms with Gasteiger partial charge in [0, 0.05) is 0 Å². The summed E-state index contributed by atoms with van der Waals surface area (Å²) in [4.78, 5) is 12.1. The molecule has 0 spiro atoms. The van der Waals surface area contributed by atoms with E-state index in [1.807, 2.05) is 5.32 Å². The Bertz CT molecular complexity index is 905. The van der Waals surface area contributed by atoms with E-state index in [1.54, 1.807) is 0 Å². The maximum Gasteiger partial charge on any atom is 0.418 e. The first-order chi connectivity index (χ1) is 12.5. The van der Waals surface area contributed by atoms with E-state index in [0.717, 1.165) is 48.5 Å². The molecule has 0 heterocycles. The van der Waals surface area contributed by atoms with E-state index in [0.29, 0.717) is 0 Å². The number of halogens is 6. The molecule has 0 atom stereocenters. The molecular formula is C18H10F6N2O. The Labute approximate surface area is 149 Å². The van der Waals surface area contributed by atoms with E-state index in [9.17, 15) is 31.1 Å². The Kier molecular flexibility index (Phi) is 5.59. The first-order valence-corrected chi connectivity index (χ1v) is 7.29. The molecule has 0 saturated heterocycles. The van der Waals surface area contributed by atoms with E-state index in [4.69, 9.17) is 5.26 Å². The van der Waals surface area contributed by atoms with Crippen LogP contribution in [-0.4, -0.2) is 5.91 Å². The number of nitriles is 1. The first kappa shape index (κ1) is 20.0. The van der Waals surface area contributed by atoms with Gasteiger partial charge in [0.1, 0.15) is 11.6 Å². The molecule has 0 aliphatic carbocycles. The fraction of sp³-hybridized carbons (Fsp3) is 0.111. The van der Waals surface area contributed by atoms with E-state index < -0.39 is 40.6 Å². The second-order valence-corrected chi connectivity index (χ2v) is 5.29. The van der Waals surface area contributed by atoms with Crippen molar-refractivity contribution < 1.29 is 31.1 Å². The number of benzene rings is 2. The Morgan fingerprint density at radius 2 is 1.52 bits per heavy atom. The lowest BCUT2D eigenvalue weighted by atomic mass is 10.1. The molecule has 140 valence electrons. The highest BCUT2D eigenvalue weighted by atomic mass is 19.4. The van der Waals surface area contributed by atoms with Crippen molar-refractivity contribution in [2.24, 2.45) is 0 Å². The number of hydrogen-bond donors (Lipinski definition) is 1. The van der Waals surface area contributed by atoms with E-state index in [2.05, 4.69) is 0 Å². The second-order valence-electron chi connectivity index (χ2n) is 5.29. The van der Waals surface area contributed by atoms with Gasteiger partial charge in [0.2, 0.25) is 0 Å². The van der Waals surface area contributed by atoms with Crippen LogP contribution in [0.3, 0.4) is 0 Å². The summed E-state index contributed by atoms with van der Waals surface area (Å²) in [6.45, 7) is 0. The molecule has 0 aliphatic rings. The molecule has 0 aliphatic heterocycles. The fourth-order valence-electron chi connectivity index (χ4n) is 2.11. The van der Waals surface area contributed by atoms with Crippen molar-refractivity contribution in [2.45, 2.75) is 12.4 Å². The number of para-hydroxylation sites is 1. The minimum atomic E-state index is -4.71. The lowest BCUT2D eigenvalue weighted by Crippen LogP contribution is -2.17. The van der Waals surface area contributed by atoms with Crippen LogP contribution in [0.4, 0.5) is 32.0 Å². The monoisotopic (exact) mass is 384 g/mol. The summed E-state index contributed by atoms with van der Waals surface area (Å²) >= 11 is 0. The summed E-state index contributed by atoms with van der Waals surface area (Å²) in [7, 11) is 0. The van der Waals surface area contributed by atoms with Crippen molar-refractivity contribution in [3.63, 3.8) is 0 Å². The summed E-state index contributed by atoms with van der Waals surface area (Å²) in [5.41, 5.74) is -3.00. The van der Waals surface area contributed by atoms with Crippen LogP contribution in [-0.2, 0) is 17.1 Å².